The molecule has 2 rings (SSSR count). The number of benzene rings is 1. The molecule has 0 aliphatic carbocycles. The SMILES string of the molecule is CCCCOc1cc(-c2nn[nH]c2C#N)cc(C(F)(F)F)c1. The predicted molar refractivity (Wildman–Crippen MR) is 71.9 cm³/mol. The van der Waals surface area contributed by atoms with E-state index < -0.39 is 11.7 Å². The smallest absolute Gasteiger partial charge is 0.416 e. The van der Waals surface area contributed by atoms with Gasteiger partial charge in [-0.3, -0.25) is 0 Å². The van der Waals surface area contributed by atoms with E-state index in [1.807, 2.05) is 6.92 Å². The van der Waals surface area contributed by atoms with Crippen molar-refractivity contribution in [2.75, 3.05) is 6.61 Å². The van der Waals surface area contributed by atoms with Crippen LogP contribution in [0.2, 0.25) is 0 Å². The highest BCUT2D eigenvalue weighted by molar-refractivity contribution is 5.66. The van der Waals surface area contributed by atoms with Gasteiger partial charge < -0.3 is 4.74 Å². The van der Waals surface area contributed by atoms with Gasteiger partial charge in [0.15, 0.2) is 5.69 Å². The Hall–Kier alpha value is -2.56. The lowest BCUT2D eigenvalue weighted by Gasteiger charge is -2.12. The summed E-state index contributed by atoms with van der Waals surface area (Å²) in [6.07, 6.45) is -2.91. The van der Waals surface area contributed by atoms with Gasteiger partial charge in [-0.05, 0) is 24.6 Å². The number of nitrogens with one attached hydrogen (secondary N) is 1. The molecule has 22 heavy (non-hydrogen) atoms. The normalized spacial score (nSPS) is 11.2. The molecule has 0 bridgehead atoms. The van der Waals surface area contributed by atoms with Crippen LogP contribution in [0.15, 0.2) is 18.2 Å². The summed E-state index contributed by atoms with van der Waals surface area (Å²) in [5.74, 6) is 0.0881. The summed E-state index contributed by atoms with van der Waals surface area (Å²) in [5, 5.41) is 18.4. The molecule has 0 aliphatic rings. The molecule has 0 unspecified atom stereocenters. The van der Waals surface area contributed by atoms with Crippen molar-refractivity contribution < 1.29 is 17.9 Å². The van der Waals surface area contributed by atoms with Crippen molar-refractivity contribution in [1.82, 2.24) is 15.4 Å². The summed E-state index contributed by atoms with van der Waals surface area (Å²) in [7, 11) is 0. The number of H-pyrrole nitrogens is 1. The number of nitriles is 1. The zero-order chi connectivity index (χ0) is 16.2. The van der Waals surface area contributed by atoms with Gasteiger partial charge in [-0.2, -0.15) is 18.4 Å². The highest BCUT2D eigenvalue weighted by Crippen LogP contribution is 2.35. The van der Waals surface area contributed by atoms with Gasteiger partial charge in [-0.25, -0.2) is 5.10 Å². The number of unbranched alkanes of at least 4 members (excludes halogenated alkanes) is 1. The van der Waals surface area contributed by atoms with E-state index in [1.54, 1.807) is 6.07 Å². The van der Waals surface area contributed by atoms with Crippen LogP contribution in [-0.4, -0.2) is 22.0 Å². The summed E-state index contributed by atoms with van der Waals surface area (Å²) in [4.78, 5) is 0. The Morgan fingerprint density at radius 3 is 2.73 bits per heavy atom. The van der Waals surface area contributed by atoms with Gasteiger partial charge >= 0.3 is 6.18 Å². The zero-order valence-electron chi connectivity index (χ0n) is 11.7. The van der Waals surface area contributed by atoms with Crippen molar-refractivity contribution in [3.63, 3.8) is 0 Å². The first kappa shape index (κ1) is 15.8. The van der Waals surface area contributed by atoms with E-state index in [0.29, 0.717) is 6.61 Å². The van der Waals surface area contributed by atoms with Crippen LogP contribution in [0.25, 0.3) is 11.3 Å². The van der Waals surface area contributed by atoms with Crippen LogP contribution >= 0.6 is 0 Å². The topological polar surface area (TPSA) is 74.6 Å². The lowest BCUT2D eigenvalue weighted by Crippen LogP contribution is -2.06. The van der Waals surface area contributed by atoms with Crippen molar-refractivity contribution >= 4 is 0 Å². The van der Waals surface area contributed by atoms with E-state index in [0.717, 1.165) is 25.0 Å². The number of halogens is 3. The highest BCUT2D eigenvalue weighted by Gasteiger charge is 2.32. The number of rotatable bonds is 5. The summed E-state index contributed by atoms with van der Waals surface area (Å²) in [6, 6.07) is 5.08. The number of ether oxygens (including phenoxy) is 1. The molecule has 1 heterocycles. The van der Waals surface area contributed by atoms with E-state index in [9.17, 15) is 13.2 Å². The Kier molecular flexibility index (Phi) is 4.65. The Morgan fingerprint density at radius 2 is 2.09 bits per heavy atom. The van der Waals surface area contributed by atoms with Gasteiger partial charge in [0, 0.05) is 5.56 Å². The Bertz CT molecular complexity index is 688. The number of hydrogen-bond donors (Lipinski definition) is 1. The molecule has 0 saturated heterocycles. The van der Waals surface area contributed by atoms with E-state index in [2.05, 4.69) is 15.4 Å². The molecule has 116 valence electrons. The van der Waals surface area contributed by atoms with Crippen LogP contribution in [0.1, 0.15) is 31.0 Å². The van der Waals surface area contributed by atoms with Crippen molar-refractivity contribution in [1.29, 1.82) is 5.26 Å². The van der Waals surface area contributed by atoms with Crippen LogP contribution in [-0.2, 0) is 6.18 Å². The van der Waals surface area contributed by atoms with Gasteiger partial charge in [-0.15, -0.1) is 5.10 Å². The molecule has 5 nitrogen and oxygen atoms in total. The molecular formula is C14H13F3N4O. The molecule has 1 N–H and O–H groups in total. The van der Waals surface area contributed by atoms with Crippen molar-refractivity contribution in [2.24, 2.45) is 0 Å². The van der Waals surface area contributed by atoms with E-state index in [-0.39, 0.29) is 22.7 Å². The second-order valence-electron chi connectivity index (χ2n) is 4.59. The maximum Gasteiger partial charge on any atom is 0.416 e. The van der Waals surface area contributed by atoms with Gasteiger partial charge in [0.2, 0.25) is 0 Å². The predicted octanol–water partition coefficient (Wildman–Crippen LogP) is 3.54. The summed E-state index contributed by atoms with van der Waals surface area (Å²) < 4.78 is 44.3. The fourth-order valence-electron chi connectivity index (χ4n) is 1.83. The third kappa shape index (κ3) is 3.55. The van der Waals surface area contributed by atoms with Crippen molar-refractivity contribution in [3.05, 3.63) is 29.5 Å². The molecule has 8 heteroatoms. The summed E-state index contributed by atoms with van der Waals surface area (Å²) in [6.45, 7) is 2.27. The Morgan fingerprint density at radius 1 is 1.32 bits per heavy atom. The molecule has 0 saturated carbocycles. The first-order valence-electron chi connectivity index (χ1n) is 6.62. The van der Waals surface area contributed by atoms with E-state index >= 15 is 0 Å². The van der Waals surface area contributed by atoms with Gasteiger partial charge in [-0.1, -0.05) is 18.6 Å². The number of aromatic amines is 1. The van der Waals surface area contributed by atoms with Gasteiger partial charge in [0.1, 0.15) is 17.5 Å². The average Bonchev–Trinajstić information content (AvgIpc) is 2.95. The molecule has 0 radical (unpaired) electrons. The minimum atomic E-state index is -4.52. The molecule has 0 aliphatic heterocycles. The average molecular weight is 310 g/mol. The van der Waals surface area contributed by atoms with E-state index in [1.165, 1.54) is 6.07 Å². The first-order valence-corrected chi connectivity index (χ1v) is 6.62. The Balaban J connectivity index is 2.45. The Labute approximate surface area is 124 Å². The minimum Gasteiger partial charge on any atom is -0.494 e. The largest absolute Gasteiger partial charge is 0.494 e. The molecule has 0 fully saturated rings. The molecular weight excluding hydrogens is 297 g/mol. The number of hydrogen-bond acceptors (Lipinski definition) is 4. The maximum atomic E-state index is 13.0. The standard InChI is InChI=1S/C14H13F3N4O/c1-2-3-4-22-11-6-9(5-10(7-11)14(15,16)17)13-12(8-18)19-21-20-13/h5-7H,2-4H2,1H3,(H,19,20,21). The molecule has 0 spiro atoms. The quantitative estimate of drug-likeness (QED) is 0.857. The fourth-order valence-corrected chi connectivity index (χ4v) is 1.83. The van der Waals surface area contributed by atoms with Crippen LogP contribution in [0.5, 0.6) is 5.75 Å². The highest BCUT2D eigenvalue weighted by atomic mass is 19.4. The third-order valence-corrected chi connectivity index (χ3v) is 2.93. The minimum absolute atomic E-state index is 0.00108. The summed E-state index contributed by atoms with van der Waals surface area (Å²) in [5.41, 5.74) is -0.664. The van der Waals surface area contributed by atoms with E-state index in [4.69, 9.17) is 10.00 Å². The molecule has 0 atom stereocenters. The molecule has 0 amide bonds. The molecule has 1 aromatic carbocycles. The van der Waals surface area contributed by atoms with Crippen molar-refractivity contribution in [2.45, 2.75) is 25.9 Å². The van der Waals surface area contributed by atoms with Crippen LogP contribution in [0.3, 0.4) is 0 Å². The van der Waals surface area contributed by atoms with Crippen LogP contribution < -0.4 is 4.74 Å². The molecule has 1 aromatic heterocycles. The fraction of sp³-hybridized carbons (Fsp3) is 0.357. The van der Waals surface area contributed by atoms with Crippen molar-refractivity contribution in [3.8, 4) is 23.1 Å². The number of alkyl halides is 3. The van der Waals surface area contributed by atoms with Crippen LogP contribution in [0, 0.1) is 11.3 Å². The zero-order valence-corrected chi connectivity index (χ0v) is 11.7. The third-order valence-electron chi connectivity index (χ3n) is 2.93. The van der Waals surface area contributed by atoms with Gasteiger partial charge in [0.05, 0.1) is 12.2 Å². The summed E-state index contributed by atoms with van der Waals surface area (Å²) >= 11 is 0. The number of aromatic nitrogens is 3. The van der Waals surface area contributed by atoms with Gasteiger partial charge in [0.25, 0.3) is 0 Å². The lowest BCUT2D eigenvalue weighted by atomic mass is 10.1. The molecule has 2 aromatic rings. The first-order chi connectivity index (χ1) is 10.5. The second-order valence-corrected chi connectivity index (χ2v) is 4.59. The lowest BCUT2D eigenvalue weighted by molar-refractivity contribution is -0.137. The maximum absolute atomic E-state index is 13.0. The monoisotopic (exact) mass is 310 g/mol. The second kappa shape index (κ2) is 6.47. The number of nitrogens with zero attached hydrogens (tertiary/aromatic N) is 3. The van der Waals surface area contributed by atoms with Crippen LogP contribution in [0.4, 0.5) is 13.2 Å².